The highest BCUT2D eigenvalue weighted by molar-refractivity contribution is 5.93. The van der Waals surface area contributed by atoms with Gasteiger partial charge in [-0.3, -0.25) is 19.8 Å². The number of nitrogens with one attached hydrogen (secondary N) is 1. The van der Waals surface area contributed by atoms with Crippen LogP contribution in [0.2, 0.25) is 0 Å². The molecule has 1 aromatic carbocycles. The third-order valence-corrected chi connectivity index (χ3v) is 4.62. The lowest BCUT2D eigenvalue weighted by atomic mass is 9.99. The smallest absolute Gasteiger partial charge is 0.271 e. The average molecular weight is 305 g/mol. The van der Waals surface area contributed by atoms with E-state index in [4.69, 9.17) is 0 Å². The fourth-order valence-electron chi connectivity index (χ4n) is 3.08. The number of hydrogen-bond donors (Lipinski definition) is 1. The molecule has 0 bridgehead atoms. The number of rotatable bonds is 5. The molecule has 1 aliphatic rings. The second kappa shape index (κ2) is 6.87. The van der Waals surface area contributed by atoms with E-state index in [-0.39, 0.29) is 11.6 Å². The molecule has 0 unspecified atom stereocenters. The van der Waals surface area contributed by atoms with Crippen LogP contribution in [0.4, 0.5) is 11.4 Å². The third kappa shape index (κ3) is 3.62. The number of carbonyl (C=O) groups excluding carboxylic acids is 1. The molecular weight excluding hydrogens is 282 g/mol. The van der Waals surface area contributed by atoms with E-state index in [1.54, 1.807) is 6.07 Å². The van der Waals surface area contributed by atoms with E-state index in [1.807, 2.05) is 6.92 Å². The van der Waals surface area contributed by atoms with Gasteiger partial charge in [0.1, 0.15) is 0 Å². The van der Waals surface area contributed by atoms with E-state index in [2.05, 4.69) is 24.1 Å². The standard InChI is InChI=1S/C16H23N3O3/c1-4-13-7-8-18(12(13)3)10-16(20)17-15-9-14(19(21)22)6-5-11(15)2/h5-6,9,12-13H,4,7-8,10H2,1-3H3,(H,17,20)/t12-,13-/m0/s1. The SMILES string of the molecule is CC[C@H]1CCN(CC(=O)Nc2cc([N+](=O)[O-])ccc2C)[C@H]1C. The van der Waals surface area contributed by atoms with E-state index >= 15 is 0 Å². The van der Waals surface area contributed by atoms with Gasteiger partial charge in [-0.25, -0.2) is 0 Å². The Morgan fingerprint density at radius 3 is 2.82 bits per heavy atom. The average Bonchev–Trinajstić information content (AvgIpc) is 2.81. The van der Waals surface area contributed by atoms with Crippen LogP contribution in [-0.4, -0.2) is 34.9 Å². The van der Waals surface area contributed by atoms with E-state index in [0.29, 0.717) is 24.2 Å². The van der Waals surface area contributed by atoms with Gasteiger partial charge in [0, 0.05) is 18.2 Å². The van der Waals surface area contributed by atoms with Crippen LogP contribution in [0, 0.1) is 23.0 Å². The van der Waals surface area contributed by atoms with Crippen molar-refractivity contribution in [2.75, 3.05) is 18.4 Å². The number of benzene rings is 1. The molecule has 0 spiro atoms. The number of non-ortho nitro benzene ring substituents is 1. The van der Waals surface area contributed by atoms with Gasteiger partial charge in [-0.05, 0) is 38.3 Å². The fraction of sp³-hybridized carbons (Fsp3) is 0.562. The fourth-order valence-corrected chi connectivity index (χ4v) is 3.08. The first-order valence-electron chi connectivity index (χ1n) is 7.71. The maximum absolute atomic E-state index is 12.2. The topological polar surface area (TPSA) is 75.5 Å². The molecule has 1 heterocycles. The highest BCUT2D eigenvalue weighted by atomic mass is 16.6. The molecule has 6 nitrogen and oxygen atoms in total. The van der Waals surface area contributed by atoms with Gasteiger partial charge >= 0.3 is 0 Å². The van der Waals surface area contributed by atoms with Crippen molar-refractivity contribution in [3.8, 4) is 0 Å². The van der Waals surface area contributed by atoms with Crippen LogP contribution in [0.3, 0.4) is 0 Å². The number of aryl methyl sites for hydroxylation is 1. The van der Waals surface area contributed by atoms with Crippen LogP contribution in [0.5, 0.6) is 0 Å². The van der Waals surface area contributed by atoms with Crippen molar-refractivity contribution in [1.29, 1.82) is 0 Å². The molecule has 1 N–H and O–H groups in total. The summed E-state index contributed by atoms with van der Waals surface area (Å²) >= 11 is 0. The lowest BCUT2D eigenvalue weighted by Gasteiger charge is -2.23. The Morgan fingerprint density at radius 2 is 2.23 bits per heavy atom. The molecule has 1 aromatic rings. The van der Waals surface area contributed by atoms with Crippen LogP contribution in [-0.2, 0) is 4.79 Å². The summed E-state index contributed by atoms with van der Waals surface area (Å²) in [6.07, 6.45) is 2.25. The molecule has 22 heavy (non-hydrogen) atoms. The predicted molar refractivity (Wildman–Crippen MR) is 85.9 cm³/mol. The molecule has 6 heteroatoms. The van der Waals surface area contributed by atoms with Gasteiger partial charge in [-0.2, -0.15) is 0 Å². The summed E-state index contributed by atoms with van der Waals surface area (Å²) in [5, 5.41) is 13.6. The Kier molecular flexibility index (Phi) is 5.13. The minimum atomic E-state index is -0.455. The lowest BCUT2D eigenvalue weighted by Crippen LogP contribution is -2.37. The van der Waals surface area contributed by atoms with Crippen molar-refractivity contribution in [2.45, 2.75) is 39.7 Å². The molecule has 2 atom stereocenters. The summed E-state index contributed by atoms with van der Waals surface area (Å²) < 4.78 is 0. The molecule has 1 amide bonds. The first-order chi connectivity index (χ1) is 10.4. The minimum absolute atomic E-state index is 0.0125. The van der Waals surface area contributed by atoms with Crippen molar-refractivity contribution >= 4 is 17.3 Å². The van der Waals surface area contributed by atoms with Crippen LogP contribution < -0.4 is 5.32 Å². The first-order valence-corrected chi connectivity index (χ1v) is 7.71. The van der Waals surface area contributed by atoms with Gasteiger partial charge in [0.25, 0.3) is 5.69 Å². The molecule has 0 radical (unpaired) electrons. The predicted octanol–water partition coefficient (Wildman–Crippen LogP) is 2.96. The normalized spacial score (nSPS) is 21.8. The van der Waals surface area contributed by atoms with Gasteiger partial charge in [0.05, 0.1) is 17.2 Å². The van der Waals surface area contributed by atoms with Crippen LogP contribution in [0.25, 0.3) is 0 Å². The summed E-state index contributed by atoms with van der Waals surface area (Å²) in [6.45, 7) is 7.43. The lowest BCUT2D eigenvalue weighted by molar-refractivity contribution is -0.384. The highest BCUT2D eigenvalue weighted by Gasteiger charge is 2.30. The molecule has 1 aliphatic heterocycles. The van der Waals surface area contributed by atoms with Crippen LogP contribution in [0.15, 0.2) is 18.2 Å². The monoisotopic (exact) mass is 305 g/mol. The number of nitro benzene ring substituents is 1. The molecule has 1 saturated heterocycles. The Balaban J connectivity index is 2.01. The zero-order valence-corrected chi connectivity index (χ0v) is 13.3. The highest BCUT2D eigenvalue weighted by Crippen LogP contribution is 2.26. The number of amides is 1. The van der Waals surface area contributed by atoms with Gasteiger partial charge in [0.15, 0.2) is 0 Å². The summed E-state index contributed by atoms with van der Waals surface area (Å²) in [6, 6.07) is 4.91. The molecule has 2 rings (SSSR count). The maximum atomic E-state index is 12.2. The van der Waals surface area contributed by atoms with E-state index in [9.17, 15) is 14.9 Å². The Bertz CT molecular complexity index is 574. The Morgan fingerprint density at radius 1 is 1.50 bits per heavy atom. The van der Waals surface area contributed by atoms with Crippen LogP contribution in [0.1, 0.15) is 32.3 Å². The van der Waals surface area contributed by atoms with E-state index < -0.39 is 4.92 Å². The number of nitro groups is 1. The first kappa shape index (κ1) is 16.4. The molecule has 120 valence electrons. The van der Waals surface area contributed by atoms with Crippen molar-refractivity contribution in [3.05, 3.63) is 33.9 Å². The number of likely N-dealkylation sites (tertiary alicyclic amines) is 1. The third-order valence-electron chi connectivity index (χ3n) is 4.62. The number of anilines is 1. The van der Waals surface area contributed by atoms with Crippen molar-refractivity contribution in [2.24, 2.45) is 5.92 Å². The van der Waals surface area contributed by atoms with Crippen molar-refractivity contribution in [3.63, 3.8) is 0 Å². The summed E-state index contributed by atoms with van der Waals surface area (Å²) in [7, 11) is 0. The zero-order chi connectivity index (χ0) is 16.3. The van der Waals surface area contributed by atoms with Gasteiger partial charge in [-0.1, -0.05) is 19.4 Å². The van der Waals surface area contributed by atoms with Crippen molar-refractivity contribution in [1.82, 2.24) is 4.90 Å². The molecular formula is C16H23N3O3. The van der Waals surface area contributed by atoms with E-state index in [1.165, 1.54) is 12.1 Å². The molecule has 0 aromatic heterocycles. The largest absolute Gasteiger partial charge is 0.324 e. The molecule has 0 saturated carbocycles. The summed E-state index contributed by atoms with van der Waals surface area (Å²) in [4.78, 5) is 24.8. The Labute approximate surface area is 130 Å². The summed E-state index contributed by atoms with van der Waals surface area (Å²) in [5.74, 6) is 0.527. The number of carbonyl (C=O) groups is 1. The second-order valence-electron chi connectivity index (χ2n) is 5.97. The minimum Gasteiger partial charge on any atom is -0.324 e. The molecule has 0 aliphatic carbocycles. The quantitative estimate of drug-likeness (QED) is 0.670. The summed E-state index contributed by atoms with van der Waals surface area (Å²) in [5.41, 5.74) is 1.32. The second-order valence-corrected chi connectivity index (χ2v) is 5.97. The van der Waals surface area contributed by atoms with Gasteiger partial charge < -0.3 is 5.32 Å². The van der Waals surface area contributed by atoms with Crippen molar-refractivity contribution < 1.29 is 9.72 Å². The van der Waals surface area contributed by atoms with Gasteiger partial charge in [-0.15, -0.1) is 0 Å². The zero-order valence-electron chi connectivity index (χ0n) is 13.3. The Hall–Kier alpha value is -1.95. The number of hydrogen-bond acceptors (Lipinski definition) is 4. The van der Waals surface area contributed by atoms with E-state index in [0.717, 1.165) is 24.9 Å². The maximum Gasteiger partial charge on any atom is 0.271 e. The number of nitrogens with zero attached hydrogens (tertiary/aromatic N) is 2. The van der Waals surface area contributed by atoms with Crippen LogP contribution >= 0.6 is 0 Å². The molecule has 1 fully saturated rings. The van der Waals surface area contributed by atoms with Gasteiger partial charge in [0.2, 0.25) is 5.91 Å².